The van der Waals surface area contributed by atoms with Crippen LogP contribution >= 0.6 is 0 Å². The van der Waals surface area contributed by atoms with E-state index in [1.165, 1.54) is 6.07 Å². The maximum absolute atomic E-state index is 13.6. The molecule has 0 bridgehead atoms. The van der Waals surface area contributed by atoms with Crippen molar-refractivity contribution in [1.82, 2.24) is 15.5 Å². The standard InChI is InChI=1S/C15H21FN4O/c1-4-7-17-9-14-19-20-15(21-14)18-11(3)12-6-5-10(2)13(16)8-12/h5-6,8,11,17H,4,7,9H2,1-3H3,(H,18,20). The van der Waals surface area contributed by atoms with Crippen molar-refractivity contribution in [3.63, 3.8) is 0 Å². The Morgan fingerprint density at radius 1 is 1.33 bits per heavy atom. The summed E-state index contributed by atoms with van der Waals surface area (Å²) in [5.74, 6) is 0.323. The number of nitrogens with zero attached hydrogens (tertiary/aromatic N) is 2. The van der Waals surface area contributed by atoms with Crippen LogP contribution in [0.25, 0.3) is 0 Å². The Morgan fingerprint density at radius 2 is 2.14 bits per heavy atom. The topological polar surface area (TPSA) is 63.0 Å². The Labute approximate surface area is 124 Å². The van der Waals surface area contributed by atoms with Gasteiger partial charge in [0.05, 0.1) is 12.6 Å². The molecule has 2 rings (SSSR count). The minimum atomic E-state index is -0.212. The smallest absolute Gasteiger partial charge is 0.315 e. The highest BCUT2D eigenvalue weighted by molar-refractivity contribution is 5.31. The zero-order chi connectivity index (χ0) is 15.2. The number of benzene rings is 1. The van der Waals surface area contributed by atoms with Gasteiger partial charge < -0.3 is 15.1 Å². The number of hydrogen-bond donors (Lipinski definition) is 2. The predicted molar refractivity (Wildman–Crippen MR) is 79.5 cm³/mol. The summed E-state index contributed by atoms with van der Waals surface area (Å²) in [4.78, 5) is 0. The minimum Gasteiger partial charge on any atom is -0.407 e. The first-order valence-corrected chi connectivity index (χ1v) is 7.15. The number of anilines is 1. The molecular formula is C15H21FN4O. The highest BCUT2D eigenvalue weighted by Gasteiger charge is 2.12. The number of aryl methyl sites for hydroxylation is 1. The van der Waals surface area contributed by atoms with Crippen molar-refractivity contribution in [2.24, 2.45) is 0 Å². The van der Waals surface area contributed by atoms with Crippen molar-refractivity contribution in [3.8, 4) is 0 Å². The zero-order valence-electron chi connectivity index (χ0n) is 12.6. The predicted octanol–water partition coefficient (Wildman–Crippen LogP) is 3.19. The summed E-state index contributed by atoms with van der Waals surface area (Å²) in [6.07, 6.45) is 1.05. The van der Waals surface area contributed by atoms with Crippen LogP contribution in [0.3, 0.4) is 0 Å². The van der Waals surface area contributed by atoms with E-state index in [-0.39, 0.29) is 11.9 Å². The Balaban J connectivity index is 1.95. The molecule has 0 aliphatic heterocycles. The molecule has 2 N–H and O–H groups in total. The lowest BCUT2D eigenvalue weighted by molar-refractivity contribution is 0.474. The first-order chi connectivity index (χ1) is 10.1. The van der Waals surface area contributed by atoms with Crippen LogP contribution in [-0.4, -0.2) is 16.7 Å². The molecule has 0 fully saturated rings. The molecular weight excluding hydrogens is 271 g/mol. The zero-order valence-corrected chi connectivity index (χ0v) is 12.6. The maximum atomic E-state index is 13.6. The highest BCUT2D eigenvalue weighted by Crippen LogP contribution is 2.20. The SMILES string of the molecule is CCCNCc1nnc(NC(C)c2ccc(C)c(F)c2)o1. The second kappa shape index (κ2) is 7.17. The van der Waals surface area contributed by atoms with Gasteiger partial charge in [0.2, 0.25) is 5.89 Å². The van der Waals surface area contributed by atoms with E-state index in [9.17, 15) is 4.39 Å². The van der Waals surface area contributed by atoms with Crippen molar-refractivity contribution in [1.29, 1.82) is 0 Å². The first-order valence-electron chi connectivity index (χ1n) is 7.15. The van der Waals surface area contributed by atoms with Crippen LogP contribution in [0.1, 0.15) is 43.3 Å². The Hall–Kier alpha value is -1.95. The number of halogens is 1. The Kier molecular flexibility index (Phi) is 5.27. The normalized spacial score (nSPS) is 12.4. The third-order valence-electron chi connectivity index (χ3n) is 3.21. The molecule has 1 heterocycles. The molecule has 0 aliphatic carbocycles. The lowest BCUT2D eigenvalue weighted by Gasteiger charge is -2.12. The number of hydrogen-bond acceptors (Lipinski definition) is 5. The van der Waals surface area contributed by atoms with Crippen molar-refractivity contribution in [3.05, 3.63) is 41.0 Å². The van der Waals surface area contributed by atoms with Crippen LogP contribution < -0.4 is 10.6 Å². The van der Waals surface area contributed by atoms with Gasteiger partial charge >= 0.3 is 6.01 Å². The van der Waals surface area contributed by atoms with Gasteiger partial charge in [-0.2, -0.15) is 0 Å². The van der Waals surface area contributed by atoms with E-state index < -0.39 is 0 Å². The fourth-order valence-corrected chi connectivity index (χ4v) is 1.90. The number of rotatable bonds is 7. The van der Waals surface area contributed by atoms with E-state index in [0.717, 1.165) is 18.5 Å². The summed E-state index contributed by atoms with van der Waals surface area (Å²) < 4.78 is 19.1. The van der Waals surface area contributed by atoms with E-state index in [1.807, 2.05) is 13.0 Å². The third-order valence-corrected chi connectivity index (χ3v) is 3.21. The molecule has 1 unspecified atom stereocenters. The van der Waals surface area contributed by atoms with Crippen molar-refractivity contribution < 1.29 is 8.81 Å². The average Bonchev–Trinajstić information content (AvgIpc) is 2.89. The molecule has 0 radical (unpaired) electrons. The van der Waals surface area contributed by atoms with Gasteiger partial charge in [0, 0.05) is 0 Å². The van der Waals surface area contributed by atoms with Crippen molar-refractivity contribution in [2.75, 3.05) is 11.9 Å². The van der Waals surface area contributed by atoms with Gasteiger partial charge in [0.25, 0.3) is 0 Å². The molecule has 1 aromatic carbocycles. The third kappa shape index (κ3) is 4.26. The molecule has 0 saturated heterocycles. The summed E-state index contributed by atoms with van der Waals surface area (Å²) in [6, 6.07) is 5.40. The quantitative estimate of drug-likeness (QED) is 0.767. The van der Waals surface area contributed by atoms with Crippen LogP contribution in [0.5, 0.6) is 0 Å². The van der Waals surface area contributed by atoms with Crippen LogP contribution in [0, 0.1) is 12.7 Å². The summed E-state index contributed by atoms with van der Waals surface area (Å²) >= 11 is 0. The van der Waals surface area contributed by atoms with E-state index in [4.69, 9.17) is 4.42 Å². The van der Waals surface area contributed by atoms with Crippen molar-refractivity contribution >= 4 is 6.01 Å². The van der Waals surface area contributed by atoms with Crippen LogP contribution in [0.4, 0.5) is 10.4 Å². The molecule has 2 aromatic rings. The van der Waals surface area contributed by atoms with Crippen LogP contribution in [0.2, 0.25) is 0 Å². The van der Waals surface area contributed by atoms with Crippen LogP contribution in [-0.2, 0) is 6.54 Å². The fourth-order valence-electron chi connectivity index (χ4n) is 1.90. The van der Waals surface area contributed by atoms with Gasteiger partial charge in [-0.15, -0.1) is 5.10 Å². The molecule has 21 heavy (non-hydrogen) atoms. The number of aromatic nitrogens is 2. The second-order valence-corrected chi connectivity index (χ2v) is 5.05. The molecule has 0 saturated carbocycles. The Morgan fingerprint density at radius 3 is 2.86 bits per heavy atom. The van der Waals surface area contributed by atoms with E-state index in [2.05, 4.69) is 27.8 Å². The molecule has 6 heteroatoms. The van der Waals surface area contributed by atoms with Crippen LogP contribution in [0.15, 0.2) is 22.6 Å². The van der Waals surface area contributed by atoms with Gasteiger partial charge in [-0.3, -0.25) is 0 Å². The van der Waals surface area contributed by atoms with Gasteiger partial charge in [-0.1, -0.05) is 24.2 Å². The molecule has 1 atom stereocenters. The largest absolute Gasteiger partial charge is 0.407 e. The Bertz CT molecular complexity index is 585. The van der Waals surface area contributed by atoms with E-state index >= 15 is 0 Å². The van der Waals surface area contributed by atoms with Gasteiger partial charge in [-0.05, 0) is 44.0 Å². The average molecular weight is 292 g/mol. The minimum absolute atomic E-state index is 0.114. The lowest BCUT2D eigenvalue weighted by Crippen LogP contribution is -2.13. The molecule has 1 aromatic heterocycles. The molecule has 0 spiro atoms. The molecule has 0 amide bonds. The maximum Gasteiger partial charge on any atom is 0.315 e. The van der Waals surface area contributed by atoms with Gasteiger partial charge in [0.1, 0.15) is 5.82 Å². The summed E-state index contributed by atoms with van der Waals surface area (Å²) in [5.41, 5.74) is 1.47. The fraction of sp³-hybridized carbons (Fsp3) is 0.467. The van der Waals surface area contributed by atoms with Gasteiger partial charge in [-0.25, -0.2) is 4.39 Å². The first kappa shape index (κ1) is 15.4. The van der Waals surface area contributed by atoms with Gasteiger partial charge in [0.15, 0.2) is 0 Å². The number of nitrogens with one attached hydrogen (secondary N) is 2. The monoisotopic (exact) mass is 292 g/mol. The lowest BCUT2D eigenvalue weighted by atomic mass is 10.1. The second-order valence-electron chi connectivity index (χ2n) is 5.05. The molecule has 114 valence electrons. The highest BCUT2D eigenvalue weighted by atomic mass is 19.1. The van der Waals surface area contributed by atoms with E-state index in [0.29, 0.717) is 24.0 Å². The summed E-state index contributed by atoms with van der Waals surface area (Å²) in [7, 11) is 0. The molecule has 0 aliphatic rings. The summed E-state index contributed by atoms with van der Waals surface area (Å²) in [6.45, 7) is 7.21. The van der Waals surface area contributed by atoms with E-state index in [1.54, 1.807) is 13.0 Å². The van der Waals surface area contributed by atoms with Crippen molar-refractivity contribution in [2.45, 2.75) is 39.8 Å². The summed E-state index contributed by atoms with van der Waals surface area (Å²) in [5, 5.41) is 14.2. The molecule has 5 nitrogen and oxygen atoms in total.